The molecule has 4 aromatic rings. The molecule has 0 atom stereocenters. The van der Waals surface area contributed by atoms with Crippen LogP contribution in [-0.4, -0.2) is 20.9 Å². The fourth-order valence-electron chi connectivity index (χ4n) is 2.94. The molecule has 1 amide bonds. The molecule has 7 heteroatoms. The van der Waals surface area contributed by atoms with E-state index in [1.807, 2.05) is 55.5 Å². The Balaban J connectivity index is 1.69. The summed E-state index contributed by atoms with van der Waals surface area (Å²) in [6.07, 6.45) is 3.69. The van der Waals surface area contributed by atoms with E-state index in [1.54, 1.807) is 12.3 Å². The Hall–Kier alpha value is -3.51. The summed E-state index contributed by atoms with van der Waals surface area (Å²) in [7, 11) is 0. The van der Waals surface area contributed by atoms with Crippen LogP contribution in [0.5, 0.6) is 0 Å². The van der Waals surface area contributed by atoms with Crippen molar-refractivity contribution in [2.45, 2.75) is 13.3 Å². The fourth-order valence-corrected chi connectivity index (χ4v) is 3.05. The number of carbonyl (C=O) groups excluding carboxylic acids is 1. The van der Waals surface area contributed by atoms with E-state index in [2.05, 4.69) is 25.6 Å². The van der Waals surface area contributed by atoms with Gasteiger partial charge in [0.1, 0.15) is 17.3 Å². The largest absolute Gasteiger partial charge is 0.340 e. The Labute approximate surface area is 173 Å². The third-order valence-corrected chi connectivity index (χ3v) is 4.65. The lowest BCUT2D eigenvalue weighted by Gasteiger charge is -2.11. The van der Waals surface area contributed by atoms with Gasteiger partial charge in [-0.1, -0.05) is 30.7 Å². The molecule has 0 spiro atoms. The summed E-state index contributed by atoms with van der Waals surface area (Å²) < 4.78 is 0. The van der Waals surface area contributed by atoms with E-state index < -0.39 is 0 Å². The van der Waals surface area contributed by atoms with Crippen LogP contribution < -0.4 is 10.6 Å². The third-order valence-electron chi connectivity index (χ3n) is 4.43. The van der Waals surface area contributed by atoms with E-state index in [-0.39, 0.29) is 5.91 Å². The molecule has 6 nitrogen and oxygen atoms in total. The van der Waals surface area contributed by atoms with E-state index in [0.29, 0.717) is 17.4 Å². The van der Waals surface area contributed by atoms with Gasteiger partial charge in [0, 0.05) is 34.9 Å². The summed E-state index contributed by atoms with van der Waals surface area (Å²) in [6.45, 7) is 1.82. The number of nitrogens with zero attached hydrogens (tertiary/aromatic N) is 3. The normalized spacial score (nSPS) is 10.7. The molecule has 0 fully saturated rings. The predicted octanol–water partition coefficient (Wildman–Crippen LogP) is 5.44. The van der Waals surface area contributed by atoms with Crippen LogP contribution in [0.1, 0.15) is 13.3 Å². The first-order valence-electron chi connectivity index (χ1n) is 9.16. The molecule has 29 heavy (non-hydrogen) atoms. The summed E-state index contributed by atoms with van der Waals surface area (Å²) in [5.74, 6) is 0.647. The van der Waals surface area contributed by atoms with Gasteiger partial charge in [0.25, 0.3) is 0 Å². The Morgan fingerprint density at radius 1 is 0.966 bits per heavy atom. The average molecular weight is 404 g/mol. The van der Waals surface area contributed by atoms with Crippen molar-refractivity contribution in [3.63, 3.8) is 0 Å². The summed E-state index contributed by atoms with van der Waals surface area (Å²) in [5.41, 5.74) is 4.31. The number of anilines is 3. The highest BCUT2D eigenvalue weighted by molar-refractivity contribution is 6.29. The zero-order valence-corrected chi connectivity index (χ0v) is 16.4. The fraction of sp³-hybridized carbons (Fsp3) is 0.0909. The van der Waals surface area contributed by atoms with Crippen LogP contribution in [0.2, 0.25) is 5.15 Å². The molecule has 2 aromatic carbocycles. The Morgan fingerprint density at radius 2 is 1.79 bits per heavy atom. The van der Waals surface area contributed by atoms with Crippen molar-refractivity contribution < 1.29 is 4.79 Å². The van der Waals surface area contributed by atoms with Crippen molar-refractivity contribution >= 4 is 45.6 Å². The van der Waals surface area contributed by atoms with Crippen molar-refractivity contribution in [3.05, 3.63) is 72.3 Å². The highest BCUT2D eigenvalue weighted by Gasteiger charge is 2.08. The lowest BCUT2D eigenvalue weighted by Crippen LogP contribution is -2.09. The number of halogens is 1. The van der Waals surface area contributed by atoms with E-state index in [0.717, 1.165) is 33.4 Å². The summed E-state index contributed by atoms with van der Waals surface area (Å²) in [6, 6.07) is 17.2. The zero-order chi connectivity index (χ0) is 20.2. The van der Waals surface area contributed by atoms with Crippen molar-refractivity contribution in [2.24, 2.45) is 0 Å². The molecule has 2 heterocycles. The van der Waals surface area contributed by atoms with Gasteiger partial charge in [-0.25, -0.2) is 15.0 Å². The van der Waals surface area contributed by atoms with Gasteiger partial charge < -0.3 is 10.6 Å². The number of carbonyl (C=O) groups is 1. The van der Waals surface area contributed by atoms with Crippen LogP contribution in [0.3, 0.4) is 0 Å². The van der Waals surface area contributed by atoms with Crippen molar-refractivity contribution in [2.75, 3.05) is 10.6 Å². The quantitative estimate of drug-likeness (QED) is 0.434. The number of fused-ring (bicyclic) bond motifs is 1. The van der Waals surface area contributed by atoms with Gasteiger partial charge >= 0.3 is 0 Å². The molecule has 144 valence electrons. The maximum Gasteiger partial charge on any atom is 0.224 e. The monoisotopic (exact) mass is 403 g/mol. The van der Waals surface area contributed by atoms with Gasteiger partial charge in [-0.15, -0.1) is 0 Å². The highest BCUT2D eigenvalue weighted by atomic mass is 35.5. The Kier molecular flexibility index (Phi) is 5.35. The van der Waals surface area contributed by atoms with Crippen LogP contribution in [-0.2, 0) is 4.79 Å². The molecular formula is C22H18ClN5O. The van der Waals surface area contributed by atoms with Gasteiger partial charge in [0.2, 0.25) is 5.91 Å². The first-order chi connectivity index (χ1) is 14.1. The van der Waals surface area contributed by atoms with Crippen molar-refractivity contribution in [1.29, 1.82) is 0 Å². The number of aromatic nitrogens is 3. The number of pyridine rings is 1. The second-order valence-electron chi connectivity index (χ2n) is 6.43. The standard InChI is InChI=1S/C22H18ClN5O/c1-2-21(29)27-16-4-3-5-17(11-16)28-22-18-10-14(6-8-19(18)25-13-26-22)15-7-9-20(23)24-12-15/h3-13H,2H2,1H3,(H,27,29)(H,25,26,28). The molecule has 4 rings (SSSR count). The average Bonchev–Trinajstić information content (AvgIpc) is 2.74. The Bertz CT molecular complexity index is 1180. The zero-order valence-electron chi connectivity index (χ0n) is 15.7. The smallest absolute Gasteiger partial charge is 0.224 e. The van der Waals surface area contributed by atoms with E-state index in [1.165, 1.54) is 6.33 Å². The number of benzene rings is 2. The maximum absolute atomic E-state index is 11.7. The first kappa shape index (κ1) is 18.8. The lowest BCUT2D eigenvalue weighted by molar-refractivity contribution is -0.115. The number of nitrogens with one attached hydrogen (secondary N) is 2. The van der Waals surface area contributed by atoms with Gasteiger partial charge in [-0.05, 0) is 48.0 Å². The second kappa shape index (κ2) is 8.24. The topological polar surface area (TPSA) is 79.8 Å². The molecule has 2 aromatic heterocycles. The minimum Gasteiger partial charge on any atom is -0.340 e. The lowest BCUT2D eigenvalue weighted by atomic mass is 10.1. The van der Waals surface area contributed by atoms with Crippen molar-refractivity contribution in [3.8, 4) is 11.1 Å². The molecule has 0 unspecified atom stereocenters. The van der Waals surface area contributed by atoms with Crippen LogP contribution in [0, 0.1) is 0 Å². The second-order valence-corrected chi connectivity index (χ2v) is 6.82. The number of rotatable bonds is 5. The van der Waals surface area contributed by atoms with E-state index in [9.17, 15) is 4.79 Å². The Morgan fingerprint density at radius 3 is 2.59 bits per heavy atom. The molecule has 2 N–H and O–H groups in total. The van der Waals surface area contributed by atoms with Gasteiger partial charge in [-0.2, -0.15) is 0 Å². The van der Waals surface area contributed by atoms with Gasteiger partial charge in [0.05, 0.1) is 5.52 Å². The highest BCUT2D eigenvalue weighted by Crippen LogP contribution is 2.29. The molecule has 0 bridgehead atoms. The molecule has 0 radical (unpaired) electrons. The van der Waals surface area contributed by atoms with Crippen molar-refractivity contribution in [1.82, 2.24) is 15.0 Å². The number of amides is 1. The number of hydrogen-bond donors (Lipinski definition) is 2. The minimum atomic E-state index is -0.0316. The van der Waals surface area contributed by atoms with E-state index >= 15 is 0 Å². The molecule has 0 saturated carbocycles. The minimum absolute atomic E-state index is 0.0316. The summed E-state index contributed by atoms with van der Waals surface area (Å²) in [5, 5.41) is 7.52. The molecule has 0 aliphatic rings. The van der Waals surface area contributed by atoms with Crippen LogP contribution in [0.25, 0.3) is 22.0 Å². The molecule has 0 saturated heterocycles. The molecule has 0 aliphatic heterocycles. The van der Waals surface area contributed by atoms with Crippen LogP contribution >= 0.6 is 11.6 Å². The molecular weight excluding hydrogens is 386 g/mol. The molecule has 0 aliphatic carbocycles. The van der Waals surface area contributed by atoms with E-state index in [4.69, 9.17) is 11.6 Å². The van der Waals surface area contributed by atoms with Crippen LogP contribution in [0.15, 0.2) is 67.1 Å². The SMILES string of the molecule is CCC(=O)Nc1cccc(Nc2ncnc3ccc(-c4ccc(Cl)nc4)cc23)c1. The maximum atomic E-state index is 11.7. The summed E-state index contributed by atoms with van der Waals surface area (Å²) >= 11 is 5.90. The van der Waals surface area contributed by atoms with Gasteiger partial charge in [-0.3, -0.25) is 4.79 Å². The van der Waals surface area contributed by atoms with Gasteiger partial charge in [0.15, 0.2) is 0 Å². The number of hydrogen-bond acceptors (Lipinski definition) is 5. The summed E-state index contributed by atoms with van der Waals surface area (Å²) in [4.78, 5) is 24.6. The third kappa shape index (κ3) is 4.33. The first-order valence-corrected chi connectivity index (χ1v) is 9.54. The van der Waals surface area contributed by atoms with Crippen LogP contribution in [0.4, 0.5) is 17.2 Å². The predicted molar refractivity (Wildman–Crippen MR) is 116 cm³/mol.